The third-order valence-electron chi connectivity index (χ3n) is 2.16. The van der Waals surface area contributed by atoms with Gasteiger partial charge in [0.2, 0.25) is 0 Å². The summed E-state index contributed by atoms with van der Waals surface area (Å²) in [7, 11) is 1.26. The summed E-state index contributed by atoms with van der Waals surface area (Å²) in [4.78, 5) is 11.2. The van der Waals surface area contributed by atoms with Crippen molar-refractivity contribution in [3.8, 4) is 12.1 Å². The van der Waals surface area contributed by atoms with E-state index in [2.05, 4.69) is 4.74 Å². The fourth-order valence-corrected chi connectivity index (χ4v) is 1.28. The Bertz CT molecular complexity index is 451. The van der Waals surface area contributed by atoms with E-state index in [-0.39, 0.29) is 0 Å². The first-order valence-electron chi connectivity index (χ1n) is 4.67. The molecule has 0 N–H and O–H groups in total. The van der Waals surface area contributed by atoms with Crippen molar-refractivity contribution in [1.82, 2.24) is 0 Å². The number of carbonyl (C=O) groups is 1. The maximum atomic E-state index is 11.2. The zero-order chi connectivity index (χ0) is 12.0. The zero-order valence-corrected chi connectivity index (χ0v) is 8.80. The predicted molar refractivity (Wildman–Crippen MR) is 56.0 cm³/mol. The summed E-state index contributed by atoms with van der Waals surface area (Å²) < 4.78 is 4.51. The van der Waals surface area contributed by atoms with Gasteiger partial charge in [0.05, 0.1) is 24.8 Å². The van der Waals surface area contributed by atoms with E-state index in [1.807, 2.05) is 12.1 Å². The molecule has 1 aromatic carbocycles. The molecule has 1 rings (SSSR count). The molecule has 0 radical (unpaired) electrons. The van der Waals surface area contributed by atoms with E-state index in [4.69, 9.17) is 10.5 Å². The molecule has 0 amide bonds. The van der Waals surface area contributed by atoms with Gasteiger partial charge in [-0.1, -0.05) is 12.1 Å². The number of ether oxygens (including phenoxy) is 1. The first-order valence-corrected chi connectivity index (χ1v) is 4.67. The highest BCUT2D eigenvalue weighted by Gasteiger charge is 2.18. The first kappa shape index (κ1) is 11.7. The van der Waals surface area contributed by atoms with Crippen LogP contribution in [0.2, 0.25) is 0 Å². The lowest BCUT2D eigenvalue weighted by atomic mass is 10.00. The third-order valence-corrected chi connectivity index (χ3v) is 2.16. The van der Waals surface area contributed by atoms with Gasteiger partial charge < -0.3 is 4.74 Å². The molecule has 4 heteroatoms. The second-order valence-electron chi connectivity index (χ2n) is 3.22. The summed E-state index contributed by atoms with van der Waals surface area (Å²) in [5.41, 5.74) is 1.38. The van der Waals surface area contributed by atoms with Crippen molar-refractivity contribution in [2.24, 2.45) is 5.92 Å². The Morgan fingerprint density at radius 3 is 2.44 bits per heavy atom. The van der Waals surface area contributed by atoms with Crippen LogP contribution in [0.5, 0.6) is 0 Å². The molecule has 1 aromatic rings. The molecule has 0 heterocycles. The van der Waals surface area contributed by atoms with Crippen molar-refractivity contribution in [2.45, 2.75) is 6.42 Å². The Hall–Kier alpha value is -2.33. The molecule has 0 aliphatic heterocycles. The quantitative estimate of drug-likeness (QED) is 0.713. The molecule has 80 valence electrons. The van der Waals surface area contributed by atoms with Gasteiger partial charge in [0.15, 0.2) is 0 Å². The summed E-state index contributed by atoms with van der Waals surface area (Å²) in [5, 5.41) is 17.4. The smallest absolute Gasteiger partial charge is 0.323 e. The fourth-order valence-electron chi connectivity index (χ4n) is 1.28. The van der Waals surface area contributed by atoms with Gasteiger partial charge >= 0.3 is 5.97 Å². The third kappa shape index (κ3) is 2.83. The maximum absolute atomic E-state index is 11.2. The average Bonchev–Trinajstić information content (AvgIpc) is 2.35. The lowest BCUT2D eigenvalue weighted by Gasteiger charge is -2.06. The highest BCUT2D eigenvalue weighted by molar-refractivity contribution is 5.75. The summed E-state index contributed by atoms with van der Waals surface area (Å²) in [6.45, 7) is 0. The molecule has 0 aromatic heterocycles. The van der Waals surface area contributed by atoms with Crippen LogP contribution in [0.4, 0.5) is 0 Å². The monoisotopic (exact) mass is 214 g/mol. The van der Waals surface area contributed by atoms with Crippen LogP contribution in [-0.2, 0) is 16.0 Å². The Morgan fingerprint density at radius 1 is 1.38 bits per heavy atom. The number of carbonyl (C=O) groups excluding carboxylic acids is 1. The van der Waals surface area contributed by atoms with Crippen molar-refractivity contribution in [1.29, 1.82) is 10.5 Å². The van der Waals surface area contributed by atoms with Crippen LogP contribution in [-0.4, -0.2) is 13.1 Å². The van der Waals surface area contributed by atoms with Crippen LogP contribution in [0.3, 0.4) is 0 Å². The molecule has 0 unspecified atom stereocenters. The summed E-state index contributed by atoms with van der Waals surface area (Å²) in [5.74, 6) is -1.33. The summed E-state index contributed by atoms with van der Waals surface area (Å²) >= 11 is 0. The minimum Gasteiger partial charge on any atom is -0.468 e. The molecule has 0 aliphatic rings. The number of hydrogen-bond donors (Lipinski definition) is 0. The minimum atomic E-state index is -0.794. The Kier molecular flexibility index (Phi) is 4.06. The second-order valence-corrected chi connectivity index (χ2v) is 3.22. The number of benzene rings is 1. The van der Waals surface area contributed by atoms with Crippen molar-refractivity contribution in [2.75, 3.05) is 7.11 Å². The van der Waals surface area contributed by atoms with Crippen LogP contribution in [0, 0.1) is 28.6 Å². The largest absolute Gasteiger partial charge is 0.468 e. The van der Waals surface area contributed by atoms with Gasteiger partial charge in [0.1, 0.15) is 5.92 Å². The van der Waals surface area contributed by atoms with Gasteiger partial charge in [-0.05, 0) is 24.1 Å². The summed E-state index contributed by atoms with van der Waals surface area (Å²) in [6, 6.07) is 10.7. The Balaban J connectivity index is 2.76. The normalized spacial score (nSPS) is 10.9. The second kappa shape index (κ2) is 5.53. The van der Waals surface area contributed by atoms with Gasteiger partial charge in [-0.2, -0.15) is 10.5 Å². The van der Waals surface area contributed by atoms with E-state index in [1.165, 1.54) is 7.11 Å². The van der Waals surface area contributed by atoms with E-state index in [1.54, 1.807) is 24.3 Å². The molecular formula is C12H10N2O2. The lowest BCUT2D eigenvalue weighted by Crippen LogP contribution is -2.16. The molecule has 0 aliphatic carbocycles. The molecule has 16 heavy (non-hydrogen) atoms. The number of rotatable bonds is 3. The molecular weight excluding hydrogens is 204 g/mol. The number of esters is 1. The van der Waals surface area contributed by atoms with Gasteiger partial charge in [-0.15, -0.1) is 0 Å². The highest BCUT2D eigenvalue weighted by atomic mass is 16.5. The van der Waals surface area contributed by atoms with Crippen LogP contribution in [0.25, 0.3) is 0 Å². The Labute approximate surface area is 93.7 Å². The number of nitrogens with zero attached hydrogens (tertiary/aromatic N) is 2. The lowest BCUT2D eigenvalue weighted by molar-refractivity contribution is -0.143. The van der Waals surface area contributed by atoms with E-state index < -0.39 is 11.9 Å². The van der Waals surface area contributed by atoms with E-state index in [0.717, 1.165) is 5.56 Å². The van der Waals surface area contributed by atoms with Gasteiger partial charge in [0.25, 0.3) is 0 Å². The topological polar surface area (TPSA) is 73.9 Å². The van der Waals surface area contributed by atoms with Crippen LogP contribution in [0.1, 0.15) is 11.1 Å². The number of nitriles is 2. The molecule has 0 saturated heterocycles. The standard InChI is InChI=1S/C12H10N2O2/c1-16-12(15)11(8-14)6-9-2-4-10(7-13)5-3-9/h2-5,11H,6H2,1H3/t11-/m0/s1. The SMILES string of the molecule is COC(=O)[C@H](C#N)Cc1ccc(C#N)cc1. The van der Waals surface area contributed by atoms with E-state index in [9.17, 15) is 4.79 Å². The minimum absolute atomic E-state index is 0.300. The van der Waals surface area contributed by atoms with Crippen molar-refractivity contribution < 1.29 is 9.53 Å². The van der Waals surface area contributed by atoms with E-state index in [0.29, 0.717) is 12.0 Å². The van der Waals surface area contributed by atoms with Crippen LogP contribution >= 0.6 is 0 Å². The Morgan fingerprint density at radius 2 is 2.00 bits per heavy atom. The van der Waals surface area contributed by atoms with Crippen molar-refractivity contribution >= 4 is 5.97 Å². The van der Waals surface area contributed by atoms with Crippen LogP contribution < -0.4 is 0 Å². The van der Waals surface area contributed by atoms with Crippen molar-refractivity contribution in [3.05, 3.63) is 35.4 Å². The first-order chi connectivity index (χ1) is 7.71. The number of methoxy groups -OCH3 is 1. The van der Waals surface area contributed by atoms with E-state index >= 15 is 0 Å². The molecule has 0 bridgehead atoms. The van der Waals surface area contributed by atoms with Gasteiger partial charge in [-0.3, -0.25) is 4.79 Å². The van der Waals surface area contributed by atoms with Gasteiger partial charge in [0, 0.05) is 0 Å². The highest BCUT2D eigenvalue weighted by Crippen LogP contribution is 2.11. The zero-order valence-electron chi connectivity index (χ0n) is 8.80. The molecule has 4 nitrogen and oxygen atoms in total. The average molecular weight is 214 g/mol. The van der Waals surface area contributed by atoms with Gasteiger partial charge in [-0.25, -0.2) is 0 Å². The molecule has 0 spiro atoms. The maximum Gasteiger partial charge on any atom is 0.323 e. The molecule has 1 atom stereocenters. The predicted octanol–water partition coefficient (Wildman–Crippen LogP) is 1.41. The number of hydrogen-bond acceptors (Lipinski definition) is 4. The summed E-state index contributed by atoms with van der Waals surface area (Å²) in [6.07, 6.45) is 0.300. The molecule has 0 saturated carbocycles. The van der Waals surface area contributed by atoms with Crippen LogP contribution in [0.15, 0.2) is 24.3 Å². The molecule has 0 fully saturated rings. The fraction of sp³-hybridized carbons (Fsp3) is 0.250. The van der Waals surface area contributed by atoms with Crippen molar-refractivity contribution in [3.63, 3.8) is 0 Å².